The Kier molecular flexibility index (Phi) is 3.76. The normalized spacial score (nSPS) is 26.7. The summed E-state index contributed by atoms with van der Waals surface area (Å²) in [7, 11) is 0. The second kappa shape index (κ2) is 4.91. The average Bonchev–Trinajstić information content (AvgIpc) is 2.21. The Labute approximate surface area is 122 Å². The number of benzene rings is 1. The Balaban J connectivity index is 2.31. The van der Waals surface area contributed by atoms with Gasteiger partial charge >= 0.3 is 5.97 Å². The third-order valence-electron chi connectivity index (χ3n) is 3.39. The highest BCUT2D eigenvalue weighted by Gasteiger charge is 2.52. The smallest absolute Gasteiger partial charge is 0.317 e. The Hall–Kier alpha value is -0.870. The van der Waals surface area contributed by atoms with Gasteiger partial charge in [-0.1, -0.05) is 28.1 Å². The minimum Gasteiger partial charge on any atom is -0.459 e. The van der Waals surface area contributed by atoms with E-state index in [1.807, 2.05) is 45.0 Å². The molecule has 1 aliphatic carbocycles. The molecular formula is C15H20BrNO2. The van der Waals surface area contributed by atoms with Gasteiger partial charge in [0.2, 0.25) is 0 Å². The van der Waals surface area contributed by atoms with E-state index < -0.39 is 11.0 Å². The number of esters is 1. The van der Waals surface area contributed by atoms with E-state index in [0.29, 0.717) is 12.8 Å². The Morgan fingerprint density at radius 2 is 2.05 bits per heavy atom. The van der Waals surface area contributed by atoms with Crippen LogP contribution in [0.25, 0.3) is 0 Å². The molecule has 2 rings (SSSR count). The van der Waals surface area contributed by atoms with Crippen LogP contribution < -0.4 is 5.73 Å². The number of rotatable bonds is 2. The van der Waals surface area contributed by atoms with Gasteiger partial charge in [0.25, 0.3) is 0 Å². The average molecular weight is 326 g/mol. The topological polar surface area (TPSA) is 52.3 Å². The van der Waals surface area contributed by atoms with Crippen molar-refractivity contribution in [3.63, 3.8) is 0 Å². The molecule has 0 unspecified atom stereocenters. The molecule has 1 aliphatic rings. The van der Waals surface area contributed by atoms with Crippen molar-refractivity contribution < 1.29 is 9.53 Å². The summed E-state index contributed by atoms with van der Waals surface area (Å²) < 4.78 is 6.54. The fourth-order valence-corrected chi connectivity index (χ4v) is 2.92. The lowest BCUT2D eigenvalue weighted by molar-refractivity contribution is -0.166. The first-order chi connectivity index (χ1) is 8.73. The van der Waals surface area contributed by atoms with Crippen LogP contribution in [-0.4, -0.2) is 17.6 Å². The summed E-state index contributed by atoms with van der Waals surface area (Å²) in [6.45, 7) is 5.66. The number of nitrogens with two attached hydrogens (primary N) is 1. The summed E-state index contributed by atoms with van der Waals surface area (Å²) >= 11 is 3.45. The molecule has 104 valence electrons. The van der Waals surface area contributed by atoms with E-state index in [1.165, 1.54) is 0 Å². The van der Waals surface area contributed by atoms with E-state index in [-0.39, 0.29) is 12.0 Å². The van der Waals surface area contributed by atoms with Gasteiger partial charge in [0.1, 0.15) is 5.60 Å². The number of ether oxygens (including phenoxy) is 1. The van der Waals surface area contributed by atoms with Crippen LogP contribution in [0, 0.1) is 0 Å². The summed E-state index contributed by atoms with van der Waals surface area (Å²) in [6, 6.07) is 7.92. The van der Waals surface area contributed by atoms with E-state index in [2.05, 4.69) is 15.9 Å². The van der Waals surface area contributed by atoms with E-state index in [1.54, 1.807) is 0 Å². The highest BCUT2D eigenvalue weighted by Crippen LogP contribution is 2.45. The maximum atomic E-state index is 12.5. The number of hydrogen-bond acceptors (Lipinski definition) is 3. The van der Waals surface area contributed by atoms with Gasteiger partial charge in [-0.05, 0) is 51.3 Å². The standard InChI is InChI=1S/C15H20BrNO2/c1-14(2,3)19-13(18)15(8-12(17)9-15)10-5-4-6-11(16)7-10/h4-7,12H,8-9,17H2,1-3H3. The summed E-state index contributed by atoms with van der Waals surface area (Å²) in [6.07, 6.45) is 1.30. The van der Waals surface area contributed by atoms with E-state index in [4.69, 9.17) is 10.5 Å². The molecule has 0 amide bonds. The molecular weight excluding hydrogens is 306 g/mol. The summed E-state index contributed by atoms with van der Waals surface area (Å²) in [5, 5.41) is 0. The van der Waals surface area contributed by atoms with Gasteiger partial charge in [-0.25, -0.2) is 0 Å². The second-order valence-electron chi connectivity index (χ2n) is 6.26. The first kappa shape index (κ1) is 14.5. The predicted octanol–water partition coefficient (Wildman–Crippen LogP) is 3.15. The molecule has 1 aromatic rings. The monoisotopic (exact) mass is 325 g/mol. The molecule has 0 aliphatic heterocycles. The Morgan fingerprint density at radius 1 is 1.42 bits per heavy atom. The van der Waals surface area contributed by atoms with Crippen LogP contribution >= 0.6 is 15.9 Å². The van der Waals surface area contributed by atoms with Gasteiger partial charge in [0.15, 0.2) is 0 Å². The van der Waals surface area contributed by atoms with Crippen molar-refractivity contribution in [2.75, 3.05) is 0 Å². The van der Waals surface area contributed by atoms with Crippen LogP contribution in [0.2, 0.25) is 0 Å². The molecule has 2 N–H and O–H groups in total. The Morgan fingerprint density at radius 3 is 2.53 bits per heavy atom. The highest BCUT2D eigenvalue weighted by molar-refractivity contribution is 9.10. The van der Waals surface area contributed by atoms with Crippen molar-refractivity contribution >= 4 is 21.9 Å². The maximum Gasteiger partial charge on any atom is 0.317 e. The van der Waals surface area contributed by atoms with Gasteiger partial charge in [-0.3, -0.25) is 4.79 Å². The third kappa shape index (κ3) is 3.00. The lowest BCUT2D eigenvalue weighted by Gasteiger charge is -2.45. The van der Waals surface area contributed by atoms with E-state index in [9.17, 15) is 4.79 Å². The lowest BCUT2D eigenvalue weighted by Crippen LogP contribution is -2.55. The quantitative estimate of drug-likeness (QED) is 0.850. The molecule has 0 aromatic heterocycles. The fraction of sp³-hybridized carbons (Fsp3) is 0.533. The lowest BCUT2D eigenvalue weighted by atomic mass is 9.62. The SMILES string of the molecule is CC(C)(C)OC(=O)C1(c2cccc(Br)c2)CC(N)C1. The number of carbonyl (C=O) groups excluding carboxylic acids is 1. The van der Waals surface area contributed by atoms with Gasteiger partial charge in [0.05, 0.1) is 5.41 Å². The van der Waals surface area contributed by atoms with Gasteiger partial charge in [-0.15, -0.1) is 0 Å². The molecule has 4 heteroatoms. The molecule has 19 heavy (non-hydrogen) atoms. The highest BCUT2D eigenvalue weighted by atomic mass is 79.9. The summed E-state index contributed by atoms with van der Waals surface area (Å²) in [4.78, 5) is 12.5. The van der Waals surface area contributed by atoms with Crippen molar-refractivity contribution in [3.05, 3.63) is 34.3 Å². The molecule has 0 atom stereocenters. The molecule has 0 bridgehead atoms. The first-order valence-electron chi connectivity index (χ1n) is 6.48. The largest absolute Gasteiger partial charge is 0.459 e. The molecule has 0 saturated heterocycles. The zero-order valence-electron chi connectivity index (χ0n) is 11.6. The van der Waals surface area contributed by atoms with Crippen molar-refractivity contribution in [3.8, 4) is 0 Å². The maximum absolute atomic E-state index is 12.5. The van der Waals surface area contributed by atoms with Crippen LogP contribution in [0.4, 0.5) is 0 Å². The third-order valence-corrected chi connectivity index (χ3v) is 3.88. The van der Waals surface area contributed by atoms with E-state index >= 15 is 0 Å². The van der Waals surface area contributed by atoms with Crippen molar-refractivity contribution in [2.45, 2.75) is 50.7 Å². The molecule has 1 aromatic carbocycles. The minimum absolute atomic E-state index is 0.0755. The first-order valence-corrected chi connectivity index (χ1v) is 7.27. The van der Waals surface area contributed by atoms with Crippen LogP contribution in [0.15, 0.2) is 28.7 Å². The Bertz CT molecular complexity index is 487. The van der Waals surface area contributed by atoms with Crippen LogP contribution in [-0.2, 0) is 14.9 Å². The summed E-state index contributed by atoms with van der Waals surface area (Å²) in [5.74, 6) is -0.167. The minimum atomic E-state index is -0.573. The molecule has 0 radical (unpaired) electrons. The number of carbonyl (C=O) groups is 1. The van der Waals surface area contributed by atoms with Crippen LogP contribution in [0.5, 0.6) is 0 Å². The number of hydrogen-bond donors (Lipinski definition) is 1. The fourth-order valence-electron chi connectivity index (χ4n) is 2.52. The van der Waals surface area contributed by atoms with Crippen molar-refractivity contribution in [1.29, 1.82) is 0 Å². The second-order valence-corrected chi connectivity index (χ2v) is 7.18. The van der Waals surface area contributed by atoms with Crippen LogP contribution in [0.1, 0.15) is 39.2 Å². The zero-order chi connectivity index (χ0) is 14.3. The van der Waals surface area contributed by atoms with Gasteiger partial charge in [-0.2, -0.15) is 0 Å². The molecule has 0 heterocycles. The molecule has 0 spiro atoms. The van der Waals surface area contributed by atoms with E-state index in [0.717, 1.165) is 10.0 Å². The predicted molar refractivity (Wildman–Crippen MR) is 78.9 cm³/mol. The molecule has 1 saturated carbocycles. The van der Waals surface area contributed by atoms with Gasteiger partial charge in [0, 0.05) is 10.5 Å². The van der Waals surface area contributed by atoms with Gasteiger partial charge < -0.3 is 10.5 Å². The summed E-state index contributed by atoms with van der Waals surface area (Å²) in [5.41, 5.74) is 5.85. The molecule has 3 nitrogen and oxygen atoms in total. The zero-order valence-corrected chi connectivity index (χ0v) is 13.2. The number of halogens is 1. The van der Waals surface area contributed by atoms with Crippen LogP contribution in [0.3, 0.4) is 0 Å². The van der Waals surface area contributed by atoms with Crippen molar-refractivity contribution in [2.24, 2.45) is 5.73 Å². The van der Waals surface area contributed by atoms with Crippen molar-refractivity contribution in [1.82, 2.24) is 0 Å². The molecule has 1 fully saturated rings.